The number of hydrogen-bond acceptors (Lipinski definition) is 7. The summed E-state index contributed by atoms with van der Waals surface area (Å²) in [6, 6.07) is 21.7. The van der Waals surface area contributed by atoms with E-state index >= 15 is 0 Å². The Bertz CT molecular complexity index is 1470. The molecular weight excluding hydrogens is 481 g/mol. The maximum atomic E-state index is 13.8. The van der Waals surface area contributed by atoms with Gasteiger partial charge in [-0.05, 0) is 60.7 Å². The first-order valence-electron chi connectivity index (χ1n) is 11.1. The molecule has 5 rings (SSSR count). The van der Waals surface area contributed by atoms with Crippen LogP contribution in [0, 0.1) is 11.3 Å². The molecule has 0 atom stereocenters. The van der Waals surface area contributed by atoms with E-state index in [9.17, 15) is 10.1 Å². The summed E-state index contributed by atoms with van der Waals surface area (Å²) < 4.78 is 1.70. The van der Waals surface area contributed by atoms with Crippen LogP contribution in [0.15, 0.2) is 80.5 Å². The number of aromatic nitrogens is 2. The van der Waals surface area contributed by atoms with E-state index in [0.29, 0.717) is 21.6 Å². The number of aryl methyl sites for hydroxylation is 2. The predicted octanol–water partition coefficient (Wildman–Crippen LogP) is 6.21. The van der Waals surface area contributed by atoms with Gasteiger partial charge in [0.2, 0.25) is 0 Å². The van der Waals surface area contributed by atoms with Crippen molar-refractivity contribution in [2.24, 2.45) is 0 Å². The molecule has 2 heterocycles. The number of nitriles is 1. The summed E-state index contributed by atoms with van der Waals surface area (Å²) in [6.07, 6.45) is 4.18. The van der Waals surface area contributed by atoms with Gasteiger partial charge in [0.15, 0.2) is 5.16 Å². The van der Waals surface area contributed by atoms with Gasteiger partial charge in [0, 0.05) is 10.6 Å². The number of thiophene rings is 1. The maximum Gasteiger partial charge on any atom is 0.263 e. The number of nitrogens with zero attached hydrogens (tertiary/aromatic N) is 3. The highest BCUT2D eigenvalue weighted by molar-refractivity contribution is 8.04. The zero-order chi connectivity index (χ0) is 23.5. The molecule has 0 saturated heterocycles. The lowest BCUT2D eigenvalue weighted by Gasteiger charge is -2.14. The third-order valence-electron chi connectivity index (χ3n) is 5.77. The van der Waals surface area contributed by atoms with Crippen LogP contribution in [-0.4, -0.2) is 9.55 Å². The van der Waals surface area contributed by atoms with Gasteiger partial charge < -0.3 is 5.32 Å². The second-order valence-electron chi connectivity index (χ2n) is 8.04. The molecule has 1 aliphatic rings. The van der Waals surface area contributed by atoms with Crippen LogP contribution in [0.5, 0.6) is 0 Å². The normalized spacial score (nSPS) is 13.8. The van der Waals surface area contributed by atoms with Gasteiger partial charge >= 0.3 is 0 Å². The third kappa shape index (κ3) is 4.64. The lowest BCUT2D eigenvalue weighted by Crippen LogP contribution is -2.24. The fraction of sp³-hybridized carbons (Fsp3) is 0.192. The monoisotopic (exact) mass is 502 g/mol. The van der Waals surface area contributed by atoms with Crippen LogP contribution in [0.1, 0.15) is 28.8 Å². The lowest BCUT2D eigenvalue weighted by molar-refractivity contribution is 0.657. The lowest BCUT2D eigenvalue weighted by atomic mass is 9.97. The molecule has 5 nitrogen and oxygen atoms in total. The molecule has 0 amide bonds. The quantitative estimate of drug-likeness (QED) is 0.142. The summed E-state index contributed by atoms with van der Waals surface area (Å²) >= 11 is 7.34. The number of anilines is 1. The summed E-state index contributed by atoms with van der Waals surface area (Å²) in [6.45, 7) is 0.391. The minimum Gasteiger partial charge on any atom is -0.349 e. The highest BCUT2D eigenvalue weighted by Gasteiger charge is 2.23. The molecule has 34 heavy (non-hydrogen) atoms. The number of rotatable bonds is 6. The molecule has 0 spiro atoms. The second kappa shape index (κ2) is 10.1. The summed E-state index contributed by atoms with van der Waals surface area (Å²) in [5.41, 5.74) is 2.97. The summed E-state index contributed by atoms with van der Waals surface area (Å²) in [7, 11) is 0. The summed E-state index contributed by atoms with van der Waals surface area (Å²) in [5, 5.41) is 14.7. The highest BCUT2D eigenvalue weighted by Crippen LogP contribution is 2.36. The Kier molecular flexibility index (Phi) is 6.77. The number of thiol groups is 1. The van der Waals surface area contributed by atoms with Crippen molar-refractivity contribution in [1.82, 2.24) is 9.55 Å². The first kappa shape index (κ1) is 22.8. The summed E-state index contributed by atoms with van der Waals surface area (Å²) in [4.78, 5) is 21.1. The van der Waals surface area contributed by atoms with E-state index in [1.54, 1.807) is 15.9 Å². The van der Waals surface area contributed by atoms with Gasteiger partial charge in [0.25, 0.3) is 5.56 Å². The van der Waals surface area contributed by atoms with E-state index in [0.717, 1.165) is 47.2 Å². The Morgan fingerprint density at radius 3 is 2.56 bits per heavy atom. The average Bonchev–Trinajstić information content (AvgIpc) is 3.24. The van der Waals surface area contributed by atoms with Crippen molar-refractivity contribution in [3.8, 4) is 6.07 Å². The molecule has 0 aliphatic heterocycles. The number of para-hydroxylation sites is 1. The van der Waals surface area contributed by atoms with Crippen LogP contribution in [0.2, 0.25) is 0 Å². The van der Waals surface area contributed by atoms with Crippen LogP contribution < -0.4 is 10.9 Å². The van der Waals surface area contributed by atoms with Crippen LogP contribution >= 0.6 is 35.7 Å². The Balaban J connectivity index is 1.61. The van der Waals surface area contributed by atoms with Gasteiger partial charge in [-0.3, -0.25) is 9.36 Å². The van der Waals surface area contributed by atoms with Crippen LogP contribution in [0.4, 0.5) is 5.69 Å². The number of fused-ring (bicyclic) bond motifs is 3. The van der Waals surface area contributed by atoms with E-state index in [1.807, 2.05) is 60.7 Å². The molecule has 1 aliphatic carbocycles. The van der Waals surface area contributed by atoms with Gasteiger partial charge in [-0.15, -0.1) is 24.0 Å². The molecule has 0 fully saturated rings. The van der Waals surface area contributed by atoms with E-state index in [-0.39, 0.29) is 5.56 Å². The van der Waals surface area contributed by atoms with Crippen LogP contribution in [0.3, 0.4) is 0 Å². The second-order valence-corrected chi connectivity index (χ2v) is 10.6. The van der Waals surface area contributed by atoms with Gasteiger partial charge in [-0.2, -0.15) is 5.26 Å². The van der Waals surface area contributed by atoms with Crippen molar-refractivity contribution in [3.63, 3.8) is 0 Å². The molecule has 1 N–H and O–H groups in total. The Morgan fingerprint density at radius 2 is 1.82 bits per heavy atom. The van der Waals surface area contributed by atoms with E-state index < -0.39 is 0 Å². The van der Waals surface area contributed by atoms with Crippen LogP contribution in [-0.2, 0) is 19.4 Å². The molecule has 0 radical (unpaired) electrons. The summed E-state index contributed by atoms with van der Waals surface area (Å²) in [5.74, 6) is 0. The van der Waals surface area contributed by atoms with Crippen molar-refractivity contribution in [3.05, 3.63) is 97.0 Å². The first-order valence-corrected chi connectivity index (χ1v) is 13.1. The zero-order valence-electron chi connectivity index (χ0n) is 18.3. The van der Waals surface area contributed by atoms with Crippen molar-refractivity contribution in [2.75, 3.05) is 5.32 Å². The van der Waals surface area contributed by atoms with E-state index in [2.05, 4.69) is 24.0 Å². The smallest absolute Gasteiger partial charge is 0.263 e. The topological polar surface area (TPSA) is 70.7 Å². The van der Waals surface area contributed by atoms with Crippen LogP contribution in [0.25, 0.3) is 10.2 Å². The number of thioether (sulfide) groups is 1. The fourth-order valence-electron chi connectivity index (χ4n) is 4.13. The van der Waals surface area contributed by atoms with Gasteiger partial charge in [0.05, 0.1) is 17.0 Å². The zero-order valence-corrected chi connectivity index (χ0v) is 20.9. The first-order chi connectivity index (χ1) is 16.6. The van der Waals surface area contributed by atoms with E-state index in [1.165, 1.54) is 22.2 Å². The van der Waals surface area contributed by atoms with Crippen molar-refractivity contribution in [2.45, 2.75) is 37.4 Å². The molecule has 2 aromatic carbocycles. The Labute approximate surface area is 211 Å². The van der Waals surface area contributed by atoms with Crippen molar-refractivity contribution >= 4 is 51.6 Å². The number of benzene rings is 2. The molecule has 170 valence electrons. The molecule has 4 aromatic rings. The minimum atomic E-state index is -0.0372. The molecule has 8 heteroatoms. The molecule has 0 saturated carbocycles. The van der Waals surface area contributed by atoms with Crippen molar-refractivity contribution in [1.29, 1.82) is 5.26 Å². The fourth-order valence-corrected chi connectivity index (χ4v) is 6.53. The number of nitrogens with one attached hydrogen (secondary N) is 1. The SMILES string of the molecule is N#C/C(Sc1nc2sc3c(c2c(=O)n1Cc1ccccc1)CCCC3)=C(/S)Nc1ccccc1. The Hall–Kier alpha value is -2.99. The van der Waals surface area contributed by atoms with Gasteiger partial charge in [-0.25, -0.2) is 4.98 Å². The van der Waals surface area contributed by atoms with Gasteiger partial charge in [0.1, 0.15) is 15.8 Å². The molecular formula is C26H22N4OS3. The van der Waals surface area contributed by atoms with E-state index in [4.69, 9.17) is 4.98 Å². The highest BCUT2D eigenvalue weighted by atomic mass is 32.2. The van der Waals surface area contributed by atoms with Gasteiger partial charge in [-0.1, -0.05) is 48.5 Å². The minimum absolute atomic E-state index is 0.0372. The Morgan fingerprint density at radius 1 is 1.12 bits per heavy atom. The third-order valence-corrected chi connectivity index (χ3v) is 8.44. The predicted molar refractivity (Wildman–Crippen MR) is 144 cm³/mol. The molecule has 2 aromatic heterocycles. The number of hydrogen-bond donors (Lipinski definition) is 2. The molecule has 0 unspecified atom stereocenters. The molecule has 0 bridgehead atoms. The standard InChI is InChI=1S/C26H22N4OS3/c27-15-21(23(32)28-18-11-5-2-6-12-18)34-26-29-24-22(19-13-7-8-14-20(19)33-24)25(31)30(26)16-17-9-3-1-4-10-17/h1-6,9-12,28,32H,7-8,13-14,16H2/b23-21-. The average molecular weight is 503 g/mol. The van der Waals surface area contributed by atoms with Crippen molar-refractivity contribution < 1.29 is 0 Å². The largest absolute Gasteiger partial charge is 0.349 e. The maximum absolute atomic E-state index is 13.8. The number of allylic oxidation sites excluding steroid dienone is 1.